The summed E-state index contributed by atoms with van der Waals surface area (Å²) in [4.78, 5) is 38.4. The van der Waals surface area contributed by atoms with Crippen LogP contribution in [0.1, 0.15) is 80.0 Å². The van der Waals surface area contributed by atoms with Crippen LogP contribution >= 0.6 is 0 Å². The first kappa shape index (κ1) is 20.9. The molecule has 27 heavy (non-hydrogen) atoms. The predicted octanol–water partition coefficient (Wildman–Crippen LogP) is 4.61. The molecule has 0 heterocycles. The van der Waals surface area contributed by atoms with Gasteiger partial charge in [0.2, 0.25) is 0 Å². The number of unbranched alkanes of at least 4 members (excludes halogenated alkanes) is 2. The molecule has 1 aliphatic carbocycles. The molecule has 5 heteroatoms. The van der Waals surface area contributed by atoms with Gasteiger partial charge < -0.3 is 10.2 Å². The van der Waals surface area contributed by atoms with E-state index in [4.69, 9.17) is 0 Å². The maximum absolute atomic E-state index is 13.0. The Morgan fingerprint density at radius 1 is 1.00 bits per heavy atom. The van der Waals surface area contributed by atoms with Crippen molar-refractivity contribution < 1.29 is 24.6 Å². The lowest BCUT2D eigenvalue weighted by Gasteiger charge is -2.24. The van der Waals surface area contributed by atoms with E-state index in [1.54, 1.807) is 0 Å². The topological polar surface area (TPSA) is 91.7 Å². The summed E-state index contributed by atoms with van der Waals surface area (Å²) in [5, 5.41) is 20.0. The highest BCUT2D eigenvalue weighted by Crippen LogP contribution is 2.38. The summed E-state index contributed by atoms with van der Waals surface area (Å²) in [7, 11) is 0. The summed E-state index contributed by atoms with van der Waals surface area (Å²) in [6.07, 6.45) is 5.47. The molecule has 2 N–H and O–H groups in total. The zero-order valence-electron chi connectivity index (χ0n) is 16.2. The smallest absolute Gasteiger partial charge is 0.194 e. The van der Waals surface area contributed by atoms with E-state index in [-0.39, 0.29) is 34.0 Å². The number of phenols is 2. The van der Waals surface area contributed by atoms with E-state index in [1.807, 2.05) is 13.8 Å². The molecule has 0 aliphatic heterocycles. The molecule has 0 aromatic heterocycles. The van der Waals surface area contributed by atoms with Crippen molar-refractivity contribution in [1.29, 1.82) is 0 Å². The van der Waals surface area contributed by atoms with E-state index in [9.17, 15) is 24.6 Å². The van der Waals surface area contributed by atoms with E-state index in [2.05, 4.69) is 6.92 Å². The van der Waals surface area contributed by atoms with Crippen molar-refractivity contribution in [3.05, 3.63) is 34.9 Å². The predicted molar refractivity (Wildman–Crippen MR) is 103 cm³/mol. The van der Waals surface area contributed by atoms with E-state index in [0.717, 1.165) is 25.7 Å². The normalized spacial score (nSPS) is 14.9. The summed E-state index contributed by atoms with van der Waals surface area (Å²) in [6.45, 7) is 6.14. The summed E-state index contributed by atoms with van der Waals surface area (Å²) in [5.74, 6) is -2.14. The molecule has 0 saturated heterocycles. The molecule has 0 amide bonds. The van der Waals surface area contributed by atoms with Crippen molar-refractivity contribution in [3.63, 3.8) is 0 Å². The molecule has 0 saturated carbocycles. The number of fused-ring (bicyclic) bond motifs is 1. The monoisotopic (exact) mass is 372 g/mol. The van der Waals surface area contributed by atoms with Crippen molar-refractivity contribution in [1.82, 2.24) is 0 Å². The van der Waals surface area contributed by atoms with Crippen LogP contribution in [0.25, 0.3) is 0 Å². The van der Waals surface area contributed by atoms with Crippen LogP contribution < -0.4 is 0 Å². The molecule has 0 spiro atoms. The van der Waals surface area contributed by atoms with E-state index in [1.165, 1.54) is 18.2 Å². The number of Topliss-reactive ketones (excluding diaryl/α,β-unsaturated/α-hetero) is 2. The molecular weight excluding hydrogens is 344 g/mol. The number of phenolic OH excluding ortho intramolecular Hbond substituents is 2. The van der Waals surface area contributed by atoms with Crippen LogP contribution in [-0.4, -0.2) is 27.6 Å². The number of rotatable bonds is 9. The number of carbonyl (C=O) groups excluding carboxylic acids is 3. The van der Waals surface area contributed by atoms with Crippen LogP contribution in [0.5, 0.6) is 11.5 Å². The lowest BCUT2D eigenvalue weighted by molar-refractivity contribution is -0.122. The molecule has 1 unspecified atom stereocenters. The Bertz CT molecular complexity index is 773. The highest BCUT2D eigenvalue weighted by atomic mass is 16.3. The van der Waals surface area contributed by atoms with Crippen LogP contribution in [0.4, 0.5) is 0 Å². The Labute approximate surface area is 160 Å². The average Bonchev–Trinajstić information content (AvgIpc) is 2.61. The summed E-state index contributed by atoms with van der Waals surface area (Å²) in [5.41, 5.74) is -0.256. The van der Waals surface area contributed by atoms with Crippen molar-refractivity contribution in [2.45, 2.75) is 59.3 Å². The van der Waals surface area contributed by atoms with Gasteiger partial charge in [0.05, 0.1) is 11.1 Å². The fourth-order valence-corrected chi connectivity index (χ4v) is 3.46. The largest absolute Gasteiger partial charge is 0.507 e. The second-order valence-corrected chi connectivity index (χ2v) is 7.59. The molecule has 5 nitrogen and oxygen atoms in total. The third kappa shape index (κ3) is 4.65. The Kier molecular flexibility index (Phi) is 6.94. The first-order valence-electron chi connectivity index (χ1n) is 9.66. The maximum atomic E-state index is 13.0. The van der Waals surface area contributed by atoms with Crippen LogP contribution in [-0.2, 0) is 4.79 Å². The van der Waals surface area contributed by atoms with E-state index < -0.39 is 17.5 Å². The Morgan fingerprint density at radius 3 is 2.22 bits per heavy atom. The quantitative estimate of drug-likeness (QED) is 0.488. The van der Waals surface area contributed by atoms with Gasteiger partial charge in [0, 0.05) is 17.9 Å². The Hall–Kier alpha value is -2.43. The number of ketones is 3. The van der Waals surface area contributed by atoms with Crippen LogP contribution in [0.15, 0.2) is 23.8 Å². The first-order valence-corrected chi connectivity index (χ1v) is 9.66. The minimum atomic E-state index is -0.657. The van der Waals surface area contributed by atoms with E-state index in [0.29, 0.717) is 18.8 Å². The number of hydrogen-bond acceptors (Lipinski definition) is 5. The molecule has 0 radical (unpaired) electrons. The molecule has 2 rings (SSSR count). The molecule has 146 valence electrons. The minimum Gasteiger partial charge on any atom is -0.507 e. The van der Waals surface area contributed by atoms with Gasteiger partial charge in [0.1, 0.15) is 17.3 Å². The van der Waals surface area contributed by atoms with Crippen LogP contribution in [0.2, 0.25) is 0 Å². The van der Waals surface area contributed by atoms with Gasteiger partial charge >= 0.3 is 0 Å². The fourth-order valence-electron chi connectivity index (χ4n) is 3.46. The standard InChI is InChI=1S/C22H28O5/c1-4-5-6-7-16(23)14(9-8-13(2)3)15-12-19(26)20-17(24)10-11-18(25)21(20)22(15)27/h10-14,24-25H,4-9H2,1-3H3. The second-order valence-electron chi connectivity index (χ2n) is 7.59. The van der Waals surface area contributed by atoms with Crippen molar-refractivity contribution >= 4 is 17.3 Å². The summed E-state index contributed by atoms with van der Waals surface area (Å²) >= 11 is 0. The molecule has 0 bridgehead atoms. The third-order valence-corrected chi connectivity index (χ3v) is 5.01. The molecule has 1 atom stereocenters. The van der Waals surface area contributed by atoms with Gasteiger partial charge in [-0.2, -0.15) is 0 Å². The lowest BCUT2D eigenvalue weighted by atomic mass is 9.77. The van der Waals surface area contributed by atoms with Gasteiger partial charge in [-0.15, -0.1) is 0 Å². The zero-order valence-corrected chi connectivity index (χ0v) is 16.2. The van der Waals surface area contributed by atoms with Crippen molar-refractivity contribution in [2.24, 2.45) is 11.8 Å². The molecule has 0 fully saturated rings. The Morgan fingerprint density at radius 2 is 1.63 bits per heavy atom. The Balaban J connectivity index is 2.40. The van der Waals surface area contributed by atoms with Gasteiger partial charge in [0.15, 0.2) is 11.6 Å². The maximum Gasteiger partial charge on any atom is 0.194 e. The van der Waals surface area contributed by atoms with Crippen molar-refractivity contribution in [3.8, 4) is 11.5 Å². The molecular formula is C22H28O5. The average molecular weight is 372 g/mol. The minimum absolute atomic E-state index is 0.0420. The van der Waals surface area contributed by atoms with Gasteiger partial charge in [0.25, 0.3) is 0 Å². The van der Waals surface area contributed by atoms with Gasteiger partial charge in [-0.3, -0.25) is 14.4 Å². The SMILES string of the molecule is CCCCCC(=O)C(CCC(C)C)C1=CC(=O)c2c(O)ccc(O)c2C1=O. The lowest BCUT2D eigenvalue weighted by Crippen LogP contribution is -2.27. The highest BCUT2D eigenvalue weighted by Gasteiger charge is 2.36. The number of hydrogen-bond donors (Lipinski definition) is 2. The molecule has 1 aromatic rings. The molecule has 1 aromatic carbocycles. The van der Waals surface area contributed by atoms with Crippen LogP contribution in [0, 0.1) is 11.8 Å². The summed E-state index contributed by atoms with van der Waals surface area (Å²) in [6, 6.07) is 2.37. The third-order valence-electron chi connectivity index (χ3n) is 5.01. The summed E-state index contributed by atoms with van der Waals surface area (Å²) < 4.78 is 0. The van der Waals surface area contributed by atoms with Crippen molar-refractivity contribution in [2.75, 3.05) is 0 Å². The van der Waals surface area contributed by atoms with Gasteiger partial charge in [-0.05, 0) is 43.4 Å². The van der Waals surface area contributed by atoms with E-state index >= 15 is 0 Å². The first-order chi connectivity index (χ1) is 12.8. The van der Waals surface area contributed by atoms with Gasteiger partial charge in [-0.25, -0.2) is 0 Å². The molecule has 1 aliphatic rings. The number of benzene rings is 1. The van der Waals surface area contributed by atoms with Crippen LogP contribution in [0.3, 0.4) is 0 Å². The number of carbonyl (C=O) groups is 3. The number of aromatic hydroxyl groups is 2. The highest BCUT2D eigenvalue weighted by molar-refractivity contribution is 6.27. The number of allylic oxidation sites excluding steroid dienone is 2. The van der Waals surface area contributed by atoms with Gasteiger partial charge in [-0.1, -0.05) is 33.6 Å². The fraction of sp³-hybridized carbons (Fsp3) is 0.500. The second kappa shape index (κ2) is 8.98. The zero-order chi connectivity index (χ0) is 20.1.